The molecule has 2 aromatic heterocycles. The molecular formula is C18H17F3N6O. The van der Waals surface area contributed by atoms with Gasteiger partial charge in [-0.15, -0.1) is 5.10 Å². The maximum absolute atomic E-state index is 12.9. The zero-order valence-electron chi connectivity index (χ0n) is 15.2. The highest BCUT2D eigenvalue weighted by Crippen LogP contribution is 2.28. The minimum atomic E-state index is -4.68. The van der Waals surface area contributed by atoms with E-state index in [1.807, 2.05) is 31.2 Å². The smallest absolute Gasteiger partial charge is 0.358 e. The van der Waals surface area contributed by atoms with Crippen molar-refractivity contribution in [3.8, 4) is 0 Å². The molecule has 3 heterocycles. The average Bonchev–Trinajstić information content (AvgIpc) is 3.20. The molecule has 0 spiro atoms. The molecule has 1 N–H and O–H groups in total. The van der Waals surface area contributed by atoms with Crippen molar-refractivity contribution in [1.29, 1.82) is 0 Å². The van der Waals surface area contributed by atoms with Crippen LogP contribution in [0.1, 0.15) is 23.5 Å². The second kappa shape index (κ2) is 6.47. The molecule has 10 heteroatoms. The number of aryl methyl sites for hydroxylation is 2. The van der Waals surface area contributed by atoms with Crippen molar-refractivity contribution in [3.63, 3.8) is 0 Å². The van der Waals surface area contributed by atoms with E-state index in [4.69, 9.17) is 0 Å². The molecule has 0 radical (unpaired) electrons. The molecule has 4 rings (SSSR count). The third-order valence-electron chi connectivity index (χ3n) is 4.57. The number of carbonyl (C=O) groups excluding carboxylic acids is 1. The lowest BCUT2D eigenvalue weighted by Gasteiger charge is -2.18. The number of rotatable bonds is 3. The van der Waals surface area contributed by atoms with Crippen LogP contribution in [0.25, 0.3) is 5.78 Å². The number of aromatic nitrogens is 4. The van der Waals surface area contributed by atoms with E-state index in [0.717, 1.165) is 15.8 Å². The zero-order valence-corrected chi connectivity index (χ0v) is 15.2. The summed E-state index contributed by atoms with van der Waals surface area (Å²) in [6, 6.07) is 8.56. The number of nitrogens with one attached hydrogen (secondary N) is 1. The molecule has 1 unspecified atom stereocenters. The Bertz CT molecular complexity index is 1040. The van der Waals surface area contributed by atoms with Crippen LogP contribution in [0.5, 0.6) is 0 Å². The largest absolute Gasteiger partial charge is 0.453 e. The van der Waals surface area contributed by atoms with E-state index in [-0.39, 0.29) is 17.5 Å². The van der Waals surface area contributed by atoms with E-state index in [0.29, 0.717) is 18.7 Å². The Kier molecular flexibility index (Phi) is 4.20. The molecule has 146 valence electrons. The molecule has 0 bridgehead atoms. The Hall–Kier alpha value is -3.17. The summed E-state index contributed by atoms with van der Waals surface area (Å²) in [5.74, 6) is -1.35. The van der Waals surface area contributed by atoms with Crippen LogP contribution < -0.4 is 10.2 Å². The fraction of sp³-hybridized carbons (Fsp3) is 0.333. The predicted octanol–water partition coefficient (Wildman–Crippen LogP) is 2.98. The maximum Gasteiger partial charge on any atom is 0.453 e. The number of alkyl halides is 3. The third-order valence-corrected chi connectivity index (χ3v) is 4.57. The van der Waals surface area contributed by atoms with E-state index < -0.39 is 18.0 Å². The molecular weight excluding hydrogens is 373 g/mol. The van der Waals surface area contributed by atoms with E-state index in [9.17, 15) is 18.0 Å². The van der Waals surface area contributed by atoms with Gasteiger partial charge in [0.1, 0.15) is 11.9 Å². The predicted molar refractivity (Wildman–Crippen MR) is 96.1 cm³/mol. The molecule has 1 fully saturated rings. The number of carbonyl (C=O) groups is 1. The lowest BCUT2D eigenvalue weighted by Crippen LogP contribution is -2.34. The Labute approximate surface area is 158 Å². The van der Waals surface area contributed by atoms with Crippen LogP contribution in [0.3, 0.4) is 0 Å². The molecule has 1 saturated heterocycles. The second-order valence-electron chi connectivity index (χ2n) is 6.74. The number of benzene rings is 1. The minimum Gasteiger partial charge on any atom is -0.358 e. The summed E-state index contributed by atoms with van der Waals surface area (Å²) in [4.78, 5) is 21.9. The number of anilines is 2. The maximum atomic E-state index is 12.9. The van der Waals surface area contributed by atoms with Gasteiger partial charge in [-0.3, -0.25) is 4.79 Å². The molecule has 3 aromatic rings. The van der Waals surface area contributed by atoms with Crippen molar-refractivity contribution < 1.29 is 18.0 Å². The fourth-order valence-electron chi connectivity index (χ4n) is 3.18. The van der Waals surface area contributed by atoms with E-state index in [1.54, 1.807) is 17.9 Å². The van der Waals surface area contributed by atoms with Crippen molar-refractivity contribution in [2.24, 2.45) is 0 Å². The highest BCUT2D eigenvalue weighted by molar-refractivity contribution is 6.00. The molecule has 7 nitrogen and oxygen atoms in total. The van der Waals surface area contributed by atoms with Gasteiger partial charge in [-0.1, -0.05) is 17.7 Å². The molecule has 1 aromatic carbocycles. The van der Waals surface area contributed by atoms with Gasteiger partial charge in [-0.2, -0.15) is 22.7 Å². The lowest BCUT2D eigenvalue weighted by molar-refractivity contribution is -0.144. The molecule has 1 aliphatic rings. The quantitative estimate of drug-likeness (QED) is 0.744. The summed E-state index contributed by atoms with van der Waals surface area (Å²) < 4.78 is 39.8. The van der Waals surface area contributed by atoms with Gasteiger partial charge in [0, 0.05) is 24.0 Å². The standard InChI is InChI=1S/C18H17F3N6O/c1-10-3-5-12(6-4-10)26-8-7-13(15(26)28)23-14-9-11(2)22-17-24-16(18(19,20)21)25-27(14)17/h3-6,9,13,23H,7-8H2,1-2H3. The van der Waals surface area contributed by atoms with Gasteiger partial charge in [-0.05, 0) is 32.4 Å². The number of hydrogen-bond acceptors (Lipinski definition) is 5. The Balaban J connectivity index is 1.62. The molecule has 1 amide bonds. The fourth-order valence-corrected chi connectivity index (χ4v) is 3.18. The summed E-state index contributed by atoms with van der Waals surface area (Å²) in [5, 5.41) is 6.52. The Morgan fingerprint density at radius 3 is 2.54 bits per heavy atom. The lowest BCUT2D eigenvalue weighted by atomic mass is 10.2. The molecule has 0 aliphatic carbocycles. The van der Waals surface area contributed by atoms with E-state index >= 15 is 0 Å². The van der Waals surface area contributed by atoms with Gasteiger partial charge in [-0.25, -0.2) is 4.98 Å². The van der Waals surface area contributed by atoms with Crippen LogP contribution in [0.4, 0.5) is 24.7 Å². The summed E-state index contributed by atoms with van der Waals surface area (Å²) in [7, 11) is 0. The van der Waals surface area contributed by atoms with Gasteiger partial charge in [0.05, 0.1) is 0 Å². The van der Waals surface area contributed by atoms with Gasteiger partial charge in [0.25, 0.3) is 11.6 Å². The highest BCUT2D eigenvalue weighted by atomic mass is 19.4. The van der Waals surface area contributed by atoms with Crippen LogP contribution in [-0.2, 0) is 11.0 Å². The first kappa shape index (κ1) is 18.2. The number of hydrogen-bond donors (Lipinski definition) is 1. The second-order valence-corrected chi connectivity index (χ2v) is 6.74. The van der Waals surface area contributed by atoms with Crippen molar-refractivity contribution in [3.05, 3.63) is 47.4 Å². The van der Waals surface area contributed by atoms with Crippen LogP contribution in [0, 0.1) is 13.8 Å². The molecule has 28 heavy (non-hydrogen) atoms. The van der Waals surface area contributed by atoms with Crippen molar-refractivity contribution in [2.45, 2.75) is 32.5 Å². The van der Waals surface area contributed by atoms with Gasteiger partial charge in [0.2, 0.25) is 5.91 Å². The Morgan fingerprint density at radius 1 is 1.14 bits per heavy atom. The van der Waals surface area contributed by atoms with Crippen molar-refractivity contribution >= 4 is 23.2 Å². The zero-order chi connectivity index (χ0) is 20.1. The highest BCUT2D eigenvalue weighted by Gasteiger charge is 2.37. The average molecular weight is 390 g/mol. The SMILES string of the molecule is Cc1ccc(N2CCC(Nc3cc(C)nc4nc(C(F)(F)F)nn34)C2=O)cc1. The number of nitrogens with zero attached hydrogens (tertiary/aromatic N) is 5. The third kappa shape index (κ3) is 3.25. The first-order chi connectivity index (χ1) is 13.2. The van der Waals surface area contributed by atoms with Crippen LogP contribution in [-0.4, -0.2) is 38.1 Å². The van der Waals surface area contributed by atoms with E-state index in [2.05, 4.69) is 20.4 Å². The van der Waals surface area contributed by atoms with Crippen molar-refractivity contribution in [2.75, 3.05) is 16.8 Å². The monoisotopic (exact) mass is 390 g/mol. The number of amides is 1. The van der Waals surface area contributed by atoms with Crippen LogP contribution in [0.15, 0.2) is 30.3 Å². The summed E-state index contributed by atoms with van der Waals surface area (Å²) in [6.45, 7) is 4.12. The molecule has 1 aliphatic heterocycles. The Morgan fingerprint density at radius 2 is 1.86 bits per heavy atom. The van der Waals surface area contributed by atoms with Gasteiger partial charge < -0.3 is 10.2 Å². The summed E-state index contributed by atoms with van der Waals surface area (Å²) in [5.41, 5.74) is 2.35. The molecule has 0 saturated carbocycles. The number of fused-ring (bicyclic) bond motifs is 1. The molecule has 1 atom stereocenters. The number of halogens is 3. The van der Waals surface area contributed by atoms with Crippen LogP contribution >= 0.6 is 0 Å². The van der Waals surface area contributed by atoms with Gasteiger partial charge in [0.15, 0.2) is 0 Å². The minimum absolute atomic E-state index is 0.150. The normalized spacial score (nSPS) is 17.5. The van der Waals surface area contributed by atoms with Crippen LogP contribution in [0.2, 0.25) is 0 Å². The first-order valence-electron chi connectivity index (χ1n) is 8.68. The summed E-state index contributed by atoms with van der Waals surface area (Å²) >= 11 is 0. The topological polar surface area (TPSA) is 75.4 Å². The van der Waals surface area contributed by atoms with Gasteiger partial charge >= 0.3 is 6.18 Å². The van der Waals surface area contributed by atoms with Crippen molar-refractivity contribution in [1.82, 2.24) is 19.6 Å². The van der Waals surface area contributed by atoms with E-state index in [1.165, 1.54) is 0 Å². The summed E-state index contributed by atoms with van der Waals surface area (Å²) in [6.07, 6.45) is -4.17. The first-order valence-corrected chi connectivity index (χ1v) is 8.68.